The van der Waals surface area contributed by atoms with E-state index in [0.29, 0.717) is 36.6 Å². The Kier molecular flexibility index (Phi) is 7.49. The van der Waals surface area contributed by atoms with E-state index in [1.165, 1.54) is 0 Å². The highest BCUT2D eigenvalue weighted by Crippen LogP contribution is 2.25. The molecule has 0 radical (unpaired) electrons. The smallest absolute Gasteiger partial charge is 0.341 e. The van der Waals surface area contributed by atoms with Crippen LogP contribution in [0, 0.1) is 0 Å². The first kappa shape index (κ1) is 20.1. The molecule has 2 aromatic carbocycles. The Labute approximate surface area is 157 Å². The predicted octanol–water partition coefficient (Wildman–Crippen LogP) is 2.42. The molecule has 2 rings (SSSR count). The Morgan fingerprint density at radius 2 is 1.85 bits per heavy atom. The molecular formula is C20H23NO6. The van der Waals surface area contributed by atoms with Crippen molar-refractivity contribution in [3.8, 4) is 17.2 Å². The highest BCUT2D eigenvalue weighted by atomic mass is 16.5. The van der Waals surface area contributed by atoms with Crippen LogP contribution in [0.4, 0.5) is 0 Å². The third kappa shape index (κ3) is 6.54. The van der Waals surface area contributed by atoms with E-state index < -0.39 is 12.6 Å². The molecule has 0 saturated carbocycles. The summed E-state index contributed by atoms with van der Waals surface area (Å²) < 4.78 is 15.7. The molecular weight excluding hydrogens is 350 g/mol. The van der Waals surface area contributed by atoms with Crippen LogP contribution >= 0.6 is 0 Å². The van der Waals surface area contributed by atoms with Gasteiger partial charge in [0.1, 0.15) is 17.2 Å². The molecule has 0 fully saturated rings. The van der Waals surface area contributed by atoms with Crippen LogP contribution in [-0.2, 0) is 22.6 Å². The normalized spacial score (nSPS) is 10.1. The number of carboxylic acids is 1. The number of carbonyl (C=O) groups is 2. The minimum Gasteiger partial charge on any atom is -0.497 e. The first-order valence-corrected chi connectivity index (χ1v) is 8.43. The highest BCUT2D eigenvalue weighted by Gasteiger charge is 2.09. The van der Waals surface area contributed by atoms with Gasteiger partial charge in [-0.2, -0.15) is 0 Å². The van der Waals surface area contributed by atoms with E-state index in [1.807, 2.05) is 24.3 Å². The van der Waals surface area contributed by atoms with Gasteiger partial charge in [-0.25, -0.2) is 4.79 Å². The largest absolute Gasteiger partial charge is 0.497 e. The minimum atomic E-state index is -1.04. The van der Waals surface area contributed by atoms with Crippen LogP contribution in [-0.4, -0.2) is 37.8 Å². The molecule has 0 aliphatic heterocycles. The van der Waals surface area contributed by atoms with Crippen molar-refractivity contribution in [2.45, 2.75) is 19.4 Å². The zero-order valence-electron chi connectivity index (χ0n) is 15.4. The molecule has 0 aromatic heterocycles. The zero-order chi connectivity index (χ0) is 19.6. The monoisotopic (exact) mass is 373 g/mol. The van der Waals surface area contributed by atoms with Crippen molar-refractivity contribution in [3.05, 3.63) is 53.6 Å². The van der Waals surface area contributed by atoms with Gasteiger partial charge in [0.25, 0.3) is 0 Å². The van der Waals surface area contributed by atoms with E-state index in [0.717, 1.165) is 11.1 Å². The SMILES string of the molecule is COc1ccc(OC)c(CCC(=O)NCc2cccc(OCC(=O)O)c2)c1. The van der Waals surface area contributed by atoms with Crippen LogP contribution < -0.4 is 19.5 Å². The summed E-state index contributed by atoms with van der Waals surface area (Å²) in [5.74, 6) is 0.736. The Bertz CT molecular complexity index is 790. The summed E-state index contributed by atoms with van der Waals surface area (Å²) in [4.78, 5) is 22.7. The molecule has 2 aromatic rings. The number of carboxylic acid groups (broad SMARTS) is 1. The molecule has 0 saturated heterocycles. The fraction of sp³-hybridized carbons (Fsp3) is 0.300. The van der Waals surface area contributed by atoms with E-state index in [9.17, 15) is 9.59 Å². The van der Waals surface area contributed by atoms with Crippen LogP contribution in [0.25, 0.3) is 0 Å². The van der Waals surface area contributed by atoms with E-state index in [2.05, 4.69) is 5.32 Å². The van der Waals surface area contributed by atoms with Crippen molar-refractivity contribution >= 4 is 11.9 Å². The standard InChI is InChI=1S/C20H23NO6/c1-25-16-7-8-18(26-2)15(11-16)6-9-19(22)21-12-14-4-3-5-17(10-14)27-13-20(23)24/h3-5,7-8,10-11H,6,9,12-13H2,1-2H3,(H,21,22)(H,23,24). The summed E-state index contributed by atoms with van der Waals surface area (Å²) in [5.41, 5.74) is 1.72. The molecule has 0 bridgehead atoms. The molecule has 0 unspecified atom stereocenters. The molecule has 7 nitrogen and oxygen atoms in total. The van der Waals surface area contributed by atoms with Crippen molar-refractivity contribution in [2.24, 2.45) is 0 Å². The molecule has 0 aliphatic carbocycles. The molecule has 27 heavy (non-hydrogen) atoms. The number of rotatable bonds is 10. The lowest BCUT2D eigenvalue weighted by Gasteiger charge is -2.11. The Morgan fingerprint density at radius 3 is 2.56 bits per heavy atom. The Morgan fingerprint density at radius 1 is 1.04 bits per heavy atom. The van der Waals surface area contributed by atoms with Gasteiger partial charge in [-0.1, -0.05) is 12.1 Å². The second kappa shape index (κ2) is 10.1. The summed E-state index contributed by atoms with van der Waals surface area (Å²) in [6, 6.07) is 12.4. The number of benzene rings is 2. The van der Waals surface area contributed by atoms with Gasteiger partial charge in [-0.15, -0.1) is 0 Å². The molecule has 0 heterocycles. The number of methoxy groups -OCH3 is 2. The minimum absolute atomic E-state index is 0.100. The lowest BCUT2D eigenvalue weighted by molar-refractivity contribution is -0.139. The van der Waals surface area contributed by atoms with Gasteiger partial charge in [0, 0.05) is 13.0 Å². The fourth-order valence-electron chi connectivity index (χ4n) is 2.50. The molecule has 2 N–H and O–H groups in total. The maximum absolute atomic E-state index is 12.2. The van der Waals surface area contributed by atoms with Crippen molar-refractivity contribution in [3.63, 3.8) is 0 Å². The lowest BCUT2D eigenvalue weighted by Crippen LogP contribution is -2.23. The number of hydrogen-bond donors (Lipinski definition) is 2. The summed E-state index contributed by atoms with van der Waals surface area (Å²) in [7, 11) is 3.18. The van der Waals surface area contributed by atoms with Crippen LogP contribution in [0.1, 0.15) is 17.5 Å². The molecule has 0 atom stereocenters. The molecule has 144 valence electrons. The average Bonchev–Trinajstić information content (AvgIpc) is 2.69. The van der Waals surface area contributed by atoms with E-state index >= 15 is 0 Å². The number of nitrogens with one attached hydrogen (secondary N) is 1. The van der Waals surface area contributed by atoms with Crippen molar-refractivity contribution in [2.75, 3.05) is 20.8 Å². The maximum atomic E-state index is 12.2. The third-order valence-electron chi connectivity index (χ3n) is 3.86. The molecule has 0 aliphatic rings. The molecule has 1 amide bonds. The fourth-order valence-corrected chi connectivity index (χ4v) is 2.50. The van der Waals surface area contributed by atoms with E-state index in [1.54, 1.807) is 32.4 Å². The van der Waals surface area contributed by atoms with Crippen LogP contribution in [0.5, 0.6) is 17.2 Å². The zero-order valence-corrected chi connectivity index (χ0v) is 15.4. The summed E-state index contributed by atoms with van der Waals surface area (Å²) in [6.07, 6.45) is 0.826. The van der Waals surface area contributed by atoms with Crippen LogP contribution in [0.15, 0.2) is 42.5 Å². The van der Waals surface area contributed by atoms with Gasteiger partial charge in [0.2, 0.25) is 5.91 Å². The molecule has 7 heteroatoms. The van der Waals surface area contributed by atoms with Crippen LogP contribution in [0.3, 0.4) is 0 Å². The maximum Gasteiger partial charge on any atom is 0.341 e. The third-order valence-corrected chi connectivity index (χ3v) is 3.86. The second-order valence-electron chi connectivity index (χ2n) is 5.78. The number of aliphatic carboxylic acids is 1. The van der Waals surface area contributed by atoms with Crippen molar-refractivity contribution in [1.29, 1.82) is 0 Å². The Hall–Kier alpha value is -3.22. The molecule has 0 spiro atoms. The van der Waals surface area contributed by atoms with Gasteiger partial charge >= 0.3 is 5.97 Å². The highest BCUT2D eigenvalue weighted by molar-refractivity contribution is 5.76. The quantitative estimate of drug-likeness (QED) is 0.664. The van der Waals surface area contributed by atoms with Crippen molar-refractivity contribution in [1.82, 2.24) is 5.32 Å². The second-order valence-corrected chi connectivity index (χ2v) is 5.78. The number of amides is 1. The van der Waals surface area contributed by atoms with E-state index in [-0.39, 0.29) is 5.91 Å². The number of hydrogen-bond acceptors (Lipinski definition) is 5. The van der Waals surface area contributed by atoms with Gasteiger partial charge in [-0.3, -0.25) is 4.79 Å². The number of carbonyl (C=O) groups excluding carboxylic acids is 1. The van der Waals surface area contributed by atoms with E-state index in [4.69, 9.17) is 19.3 Å². The number of ether oxygens (including phenoxy) is 3. The van der Waals surface area contributed by atoms with Crippen LogP contribution in [0.2, 0.25) is 0 Å². The summed E-state index contributed by atoms with van der Waals surface area (Å²) >= 11 is 0. The average molecular weight is 373 g/mol. The summed E-state index contributed by atoms with van der Waals surface area (Å²) in [6.45, 7) is -0.0729. The predicted molar refractivity (Wildman–Crippen MR) is 99.3 cm³/mol. The first-order chi connectivity index (χ1) is 13.0. The van der Waals surface area contributed by atoms with Gasteiger partial charge < -0.3 is 24.6 Å². The summed E-state index contributed by atoms with van der Waals surface area (Å²) in [5, 5.41) is 11.5. The number of aryl methyl sites for hydroxylation is 1. The van der Waals surface area contributed by atoms with Gasteiger partial charge in [-0.05, 0) is 47.9 Å². The topological polar surface area (TPSA) is 94.1 Å². The van der Waals surface area contributed by atoms with Gasteiger partial charge in [0.05, 0.1) is 14.2 Å². The van der Waals surface area contributed by atoms with Crippen molar-refractivity contribution < 1.29 is 28.9 Å². The lowest BCUT2D eigenvalue weighted by atomic mass is 10.1. The Balaban J connectivity index is 1.86. The first-order valence-electron chi connectivity index (χ1n) is 8.43. The van der Waals surface area contributed by atoms with Gasteiger partial charge in [0.15, 0.2) is 6.61 Å².